The van der Waals surface area contributed by atoms with Gasteiger partial charge in [-0.3, -0.25) is 15.4 Å². The summed E-state index contributed by atoms with van der Waals surface area (Å²) in [4.78, 5) is 22.5. The summed E-state index contributed by atoms with van der Waals surface area (Å²) >= 11 is 0. The average Bonchev–Trinajstić information content (AvgIpc) is 2.98. The van der Waals surface area contributed by atoms with Gasteiger partial charge in [-0.1, -0.05) is 30.3 Å². The lowest BCUT2D eigenvalue weighted by Gasteiger charge is -2.21. The van der Waals surface area contributed by atoms with E-state index in [9.17, 15) is 9.59 Å². The molecule has 0 aliphatic rings. The maximum absolute atomic E-state index is 11.8. The first-order chi connectivity index (χ1) is 10.1. The zero-order valence-electron chi connectivity index (χ0n) is 11.6. The predicted octanol–water partition coefficient (Wildman–Crippen LogP) is 1.54. The maximum Gasteiger partial charge on any atom is 0.318 e. The molecule has 110 valence electrons. The average molecular weight is 287 g/mol. The Kier molecular flexibility index (Phi) is 4.73. The highest BCUT2D eigenvalue weighted by Gasteiger charge is 2.23. The number of benzene rings is 1. The van der Waals surface area contributed by atoms with Gasteiger partial charge in [-0.15, -0.1) is 0 Å². The number of rotatable bonds is 5. The number of carbonyl (C=O) groups excluding carboxylic acids is 2. The standard InChI is InChI=1S/C15H17N3O3/c1-10(14(19)18-15(16)20)17-13(12-8-5-9-21-12)11-6-3-2-4-7-11/h2-10,13,17H,1H3,(H3,16,18,19,20)/t10-,13+/m1/s1. The van der Waals surface area contributed by atoms with Crippen LogP contribution in [0.1, 0.15) is 24.3 Å². The summed E-state index contributed by atoms with van der Waals surface area (Å²) in [5, 5.41) is 5.18. The summed E-state index contributed by atoms with van der Waals surface area (Å²) in [5.74, 6) is 0.190. The molecule has 0 aliphatic carbocycles. The number of nitrogens with one attached hydrogen (secondary N) is 2. The van der Waals surface area contributed by atoms with E-state index < -0.39 is 18.0 Å². The number of nitrogens with two attached hydrogens (primary N) is 1. The molecule has 6 heteroatoms. The Hall–Kier alpha value is -2.60. The van der Waals surface area contributed by atoms with E-state index in [1.54, 1.807) is 19.3 Å². The molecule has 0 aliphatic heterocycles. The first kappa shape index (κ1) is 14.8. The molecule has 2 rings (SSSR count). The molecule has 2 atom stereocenters. The van der Waals surface area contributed by atoms with E-state index in [4.69, 9.17) is 10.2 Å². The van der Waals surface area contributed by atoms with Crippen molar-refractivity contribution in [1.82, 2.24) is 10.6 Å². The smallest absolute Gasteiger partial charge is 0.318 e. The van der Waals surface area contributed by atoms with Crippen LogP contribution in [0.15, 0.2) is 53.1 Å². The first-order valence-corrected chi connectivity index (χ1v) is 6.52. The zero-order chi connectivity index (χ0) is 15.2. The van der Waals surface area contributed by atoms with Crippen LogP contribution in [0.4, 0.5) is 4.79 Å². The van der Waals surface area contributed by atoms with Crippen LogP contribution in [0.5, 0.6) is 0 Å². The lowest BCUT2D eigenvalue weighted by Crippen LogP contribution is -2.47. The van der Waals surface area contributed by atoms with Crippen molar-refractivity contribution in [3.05, 3.63) is 60.1 Å². The lowest BCUT2D eigenvalue weighted by atomic mass is 10.0. The summed E-state index contributed by atoms with van der Waals surface area (Å²) in [7, 11) is 0. The summed E-state index contributed by atoms with van der Waals surface area (Å²) in [6.45, 7) is 1.65. The third kappa shape index (κ3) is 3.93. The number of urea groups is 1. The van der Waals surface area contributed by atoms with E-state index in [1.165, 1.54) is 0 Å². The normalized spacial score (nSPS) is 13.4. The molecule has 1 aromatic heterocycles. The molecule has 0 spiro atoms. The fourth-order valence-corrected chi connectivity index (χ4v) is 2.00. The van der Waals surface area contributed by atoms with Crippen molar-refractivity contribution in [3.63, 3.8) is 0 Å². The topological polar surface area (TPSA) is 97.4 Å². The second-order valence-corrected chi connectivity index (χ2v) is 4.60. The Balaban J connectivity index is 2.18. The molecule has 3 amide bonds. The van der Waals surface area contributed by atoms with Crippen LogP contribution in [-0.4, -0.2) is 18.0 Å². The molecule has 0 radical (unpaired) electrons. The Morgan fingerprint density at radius 3 is 2.43 bits per heavy atom. The molecule has 0 saturated heterocycles. The Bertz CT molecular complexity index is 596. The highest BCUT2D eigenvalue weighted by molar-refractivity contribution is 5.96. The molecule has 21 heavy (non-hydrogen) atoms. The number of carbonyl (C=O) groups is 2. The summed E-state index contributed by atoms with van der Waals surface area (Å²) in [6.07, 6.45) is 1.57. The summed E-state index contributed by atoms with van der Waals surface area (Å²) in [6, 6.07) is 11.4. The molecule has 0 fully saturated rings. The highest BCUT2D eigenvalue weighted by Crippen LogP contribution is 2.22. The van der Waals surface area contributed by atoms with Crippen LogP contribution >= 0.6 is 0 Å². The van der Waals surface area contributed by atoms with Gasteiger partial charge >= 0.3 is 6.03 Å². The molecule has 2 aromatic rings. The van der Waals surface area contributed by atoms with Crippen molar-refractivity contribution in [2.45, 2.75) is 19.0 Å². The van der Waals surface area contributed by atoms with Crippen molar-refractivity contribution in [2.75, 3.05) is 0 Å². The Morgan fingerprint density at radius 1 is 1.14 bits per heavy atom. The van der Waals surface area contributed by atoms with E-state index in [-0.39, 0.29) is 6.04 Å². The predicted molar refractivity (Wildman–Crippen MR) is 77.3 cm³/mol. The van der Waals surface area contributed by atoms with Gasteiger partial charge in [0.05, 0.1) is 18.3 Å². The maximum atomic E-state index is 11.8. The fourth-order valence-electron chi connectivity index (χ4n) is 2.00. The van der Waals surface area contributed by atoms with Gasteiger partial charge < -0.3 is 10.2 Å². The third-order valence-corrected chi connectivity index (χ3v) is 3.02. The number of furan rings is 1. The highest BCUT2D eigenvalue weighted by atomic mass is 16.3. The Morgan fingerprint density at radius 2 is 1.86 bits per heavy atom. The molecular formula is C15H17N3O3. The minimum Gasteiger partial charge on any atom is -0.467 e. The van der Waals surface area contributed by atoms with Gasteiger partial charge in [0.15, 0.2) is 0 Å². The van der Waals surface area contributed by atoms with Crippen LogP contribution < -0.4 is 16.4 Å². The molecule has 0 saturated carbocycles. The van der Waals surface area contributed by atoms with Crippen LogP contribution in [0.2, 0.25) is 0 Å². The molecular weight excluding hydrogens is 270 g/mol. The van der Waals surface area contributed by atoms with Gasteiger partial charge in [-0.2, -0.15) is 0 Å². The number of primary amides is 1. The van der Waals surface area contributed by atoms with E-state index in [0.717, 1.165) is 5.56 Å². The largest absolute Gasteiger partial charge is 0.467 e. The summed E-state index contributed by atoms with van der Waals surface area (Å²) < 4.78 is 5.43. The van der Waals surface area contributed by atoms with Gasteiger partial charge in [-0.05, 0) is 24.6 Å². The van der Waals surface area contributed by atoms with Crippen LogP contribution in [0, 0.1) is 0 Å². The van der Waals surface area contributed by atoms with E-state index in [2.05, 4.69) is 10.6 Å². The van der Waals surface area contributed by atoms with Gasteiger partial charge in [0, 0.05) is 0 Å². The molecule has 0 unspecified atom stereocenters. The minimum atomic E-state index is -0.872. The SMILES string of the molecule is C[C@@H](N[C@@H](c1ccccc1)c1ccco1)C(=O)NC(N)=O. The quantitative estimate of drug-likeness (QED) is 0.777. The summed E-state index contributed by atoms with van der Waals surface area (Å²) in [5.41, 5.74) is 5.90. The van der Waals surface area contributed by atoms with Crippen LogP contribution in [0.3, 0.4) is 0 Å². The van der Waals surface area contributed by atoms with E-state index >= 15 is 0 Å². The fraction of sp³-hybridized carbons (Fsp3) is 0.200. The van der Waals surface area contributed by atoms with E-state index in [0.29, 0.717) is 5.76 Å². The van der Waals surface area contributed by atoms with Crippen molar-refractivity contribution < 1.29 is 14.0 Å². The molecule has 6 nitrogen and oxygen atoms in total. The Labute approximate surface area is 122 Å². The molecule has 4 N–H and O–H groups in total. The number of amides is 3. The van der Waals surface area contributed by atoms with Gasteiger partial charge in [-0.25, -0.2) is 4.79 Å². The first-order valence-electron chi connectivity index (χ1n) is 6.52. The molecule has 1 heterocycles. The van der Waals surface area contributed by atoms with Gasteiger partial charge in [0.2, 0.25) is 5.91 Å². The minimum absolute atomic E-state index is 0.296. The zero-order valence-corrected chi connectivity index (χ0v) is 11.6. The third-order valence-electron chi connectivity index (χ3n) is 3.02. The molecule has 1 aromatic carbocycles. The number of hydrogen-bond acceptors (Lipinski definition) is 4. The van der Waals surface area contributed by atoms with E-state index in [1.807, 2.05) is 36.4 Å². The second-order valence-electron chi connectivity index (χ2n) is 4.60. The van der Waals surface area contributed by atoms with Crippen molar-refractivity contribution in [3.8, 4) is 0 Å². The van der Waals surface area contributed by atoms with Gasteiger partial charge in [0.1, 0.15) is 5.76 Å². The van der Waals surface area contributed by atoms with Crippen LogP contribution in [-0.2, 0) is 4.79 Å². The monoisotopic (exact) mass is 287 g/mol. The van der Waals surface area contributed by atoms with Crippen molar-refractivity contribution >= 4 is 11.9 Å². The lowest BCUT2D eigenvalue weighted by molar-refractivity contribution is -0.121. The van der Waals surface area contributed by atoms with Crippen LogP contribution in [0.25, 0.3) is 0 Å². The van der Waals surface area contributed by atoms with Gasteiger partial charge in [0.25, 0.3) is 0 Å². The second kappa shape index (κ2) is 6.71. The van der Waals surface area contributed by atoms with Crippen molar-refractivity contribution in [1.29, 1.82) is 0 Å². The van der Waals surface area contributed by atoms with Crippen molar-refractivity contribution in [2.24, 2.45) is 5.73 Å². The number of imide groups is 1. The number of hydrogen-bond donors (Lipinski definition) is 3. The molecule has 0 bridgehead atoms.